The van der Waals surface area contributed by atoms with Crippen molar-refractivity contribution in [1.82, 2.24) is 14.5 Å². The molecule has 0 aromatic carbocycles. The molecule has 5 heteroatoms. The van der Waals surface area contributed by atoms with Gasteiger partial charge >= 0.3 is 0 Å². The van der Waals surface area contributed by atoms with Gasteiger partial charge in [0.25, 0.3) is 0 Å². The first-order valence-corrected chi connectivity index (χ1v) is 6.46. The van der Waals surface area contributed by atoms with Gasteiger partial charge in [-0.2, -0.15) is 0 Å². The molecule has 17 heavy (non-hydrogen) atoms. The van der Waals surface area contributed by atoms with E-state index in [1.165, 1.54) is 0 Å². The Balaban J connectivity index is 2.62. The molecule has 0 aliphatic heterocycles. The minimum absolute atomic E-state index is 0.137. The first-order chi connectivity index (χ1) is 7.99. The van der Waals surface area contributed by atoms with Crippen molar-refractivity contribution in [2.24, 2.45) is 5.92 Å². The monoisotopic (exact) mass is 271 g/mol. The van der Waals surface area contributed by atoms with Gasteiger partial charge in [-0.3, -0.25) is 0 Å². The van der Waals surface area contributed by atoms with Gasteiger partial charge in [0.15, 0.2) is 5.65 Å². The Morgan fingerprint density at radius 2 is 2.06 bits per heavy atom. The van der Waals surface area contributed by atoms with Crippen molar-refractivity contribution in [2.75, 3.05) is 0 Å². The minimum atomic E-state index is -0.137. The number of hydrogen-bond acceptors (Lipinski definition) is 2. The fourth-order valence-corrected chi connectivity index (χ4v) is 2.17. The summed E-state index contributed by atoms with van der Waals surface area (Å²) in [6.07, 6.45) is 1.64. The van der Waals surface area contributed by atoms with Crippen molar-refractivity contribution in [3.63, 3.8) is 0 Å². The standard InChI is InChI=1S/C12H15Cl2N3/c1-7(2)6-17-11(8(3)13)16-10-4-9(14)5-15-12(10)17/h4-5,7-8H,6H2,1-3H3. The third-order valence-electron chi connectivity index (χ3n) is 2.48. The van der Waals surface area contributed by atoms with Crippen molar-refractivity contribution in [1.29, 1.82) is 0 Å². The van der Waals surface area contributed by atoms with Crippen LogP contribution in [0.15, 0.2) is 12.3 Å². The summed E-state index contributed by atoms with van der Waals surface area (Å²) in [4.78, 5) is 8.86. The van der Waals surface area contributed by atoms with E-state index in [-0.39, 0.29) is 5.38 Å². The van der Waals surface area contributed by atoms with Crippen molar-refractivity contribution in [3.8, 4) is 0 Å². The van der Waals surface area contributed by atoms with E-state index in [0.717, 1.165) is 23.5 Å². The Hall–Kier alpha value is -0.800. The Bertz CT molecular complexity index is 532. The van der Waals surface area contributed by atoms with Crippen LogP contribution in [0.5, 0.6) is 0 Å². The van der Waals surface area contributed by atoms with Crippen LogP contribution < -0.4 is 0 Å². The van der Waals surface area contributed by atoms with E-state index in [1.807, 2.05) is 13.0 Å². The van der Waals surface area contributed by atoms with Gasteiger partial charge in [0.2, 0.25) is 0 Å². The molecule has 0 saturated carbocycles. The molecule has 0 bridgehead atoms. The molecule has 2 aromatic heterocycles. The largest absolute Gasteiger partial charge is 0.311 e. The number of fused-ring (bicyclic) bond motifs is 1. The van der Waals surface area contributed by atoms with Crippen LogP contribution in [0.4, 0.5) is 0 Å². The number of alkyl halides is 1. The van der Waals surface area contributed by atoms with Crippen molar-refractivity contribution in [2.45, 2.75) is 32.7 Å². The molecule has 2 heterocycles. The van der Waals surface area contributed by atoms with E-state index >= 15 is 0 Å². The van der Waals surface area contributed by atoms with Crippen LogP contribution in [0.25, 0.3) is 11.2 Å². The molecule has 92 valence electrons. The second-order valence-electron chi connectivity index (χ2n) is 4.59. The maximum absolute atomic E-state index is 6.16. The number of nitrogens with zero attached hydrogens (tertiary/aromatic N) is 3. The van der Waals surface area contributed by atoms with Gasteiger partial charge in [0, 0.05) is 12.7 Å². The molecular formula is C12H15Cl2N3. The molecule has 1 unspecified atom stereocenters. The topological polar surface area (TPSA) is 30.7 Å². The van der Waals surface area contributed by atoms with Gasteiger partial charge in [-0.25, -0.2) is 9.97 Å². The molecule has 0 saturated heterocycles. The summed E-state index contributed by atoms with van der Waals surface area (Å²) in [5.74, 6) is 1.36. The SMILES string of the molecule is CC(C)Cn1c(C(C)Cl)nc2cc(Cl)cnc21. The average molecular weight is 272 g/mol. The van der Waals surface area contributed by atoms with Crippen LogP contribution in [0.3, 0.4) is 0 Å². The van der Waals surface area contributed by atoms with Crippen molar-refractivity contribution < 1.29 is 0 Å². The molecule has 0 amide bonds. The van der Waals surface area contributed by atoms with Crippen LogP contribution >= 0.6 is 23.2 Å². The highest BCUT2D eigenvalue weighted by Gasteiger charge is 2.16. The second-order valence-corrected chi connectivity index (χ2v) is 5.68. The number of hydrogen-bond donors (Lipinski definition) is 0. The molecule has 2 aromatic rings. The summed E-state index contributed by atoms with van der Waals surface area (Å²) in [6.45, 7) is 7.09. The maximum Gasteiger partial charge on any atom is 0.160 e. The lowest BCUT2D eigenvalue weighted by atomic mass is 10.2. The predicted molar refractivity (Wildman–Crippen MR) is 71.6 cm³/mol. The third-order valence-corrected chi connectivity index (χ3v) is 2.89. The Labute approximate surface area is 111 Å². The van der Waals surface area contributed by atoms with Crippen LogP contribution in [0, 0.1) is 5.92 Å². The van der Waals surface area contributed by atoms with Gasteiger partial charge in [-0.05, 0) is 18.9 Å². The molecular weight excluding hydrogens is 257 g/mol. The molecule has 0 aliphatic rings. The highest BCUT2D eigenvalue weighted by atomic mass is 35.5. The molecule has 0 spiro atoms. The zero-order chi connectivity index (χ0) is 12.6. The van der Waals surface area contributed by atoms with Gasteiger partial charge in [0.05, 0.1) is 10.4 Å². The van der Waals surface area contributed by atoms with E-state index in [4.69, 9.17) is 23.2 Å². The Morgan fingerprint density at radius 3 is 2.65 bits per heavy atom. The predicted octanol–water partition coefficient (Wildman–Crippen LogP) is 4.04. The second kappa shape index (κ2) is 4.83. The van der Waals surface area contributed by atoms with E-state index < -0.39 is 0 Å². The maximum atomic E-state index is 6.16. The Kier molecular flexibility index (Phi) is 3.59. The fraction of sp³-hybridized carbons (Fsp3) is 0.500. The molecule has 0 aliphatic carbocycles. The molecule has 0 radical (unpaired) electrons. The van der Waals surface area contributed by atoms with Gasteiger partial charge < -0.3 is 4.57 Å². The summed E-state index contributed by atoms with van der Waals surface area (Å²) in [7, 11) is 0. The summed E-state index contributed by atoms with van der Waals surface area (Å²) >= 11 is 12.1. The van der Waals surface area contributed by atoms with Crippen LogP contribution in [-0.4, -0.2) is 14.5 Å². The normalized spacial score (nSPS) is 13.5. The highest BCUT2D eigenvalue weighted by Crippen LogP contribution is 2.25. The van der Waals surface area contributed by atoms with Crippen molar-refractivity contribution >= 4 is 34.4 Å². The van der Waals surface area contributed by atoms with Gasteiger partial charge in [-0.1, -0.05) is 25.4 Å². The quantitative estimate of drug-likeness (QED) is 0.789. The molecule has 0 fully saturated rings. The molecule has 1 atom stereocenters. The number of aromatic nitrogens is 3. The fourth-order valence-electron chi connectivity index (χ4n) is 1.85. The summed E-state index contributed by atoms with van der Waals surface area (Å²) in [5.41, 5.74) is 1.66. The van der Waals surface area contributed by atoms with E-state index in [0.29, 0.717) is 10.9 Å². The van der Waals surface area contributed by atoms with E-state index in [2.05, 4.69) is 28.4 Å². The smallest absolute Gasteiger partial charge is 0.160 e. The zero-order valence-corrected chi connectivity index (χ0v) is 11.6. The van der Waals surface area contributed by atoms with Crippen molar-refractivity contribution in [3.05, 3.63) is 23.1 Å². The number of pyridine rings is 1. The average Bonchev–Trinajstić information content (AvgIpc) is 2.55. The lowest BCUT2D eigenvalue weighted by Crippen LogP contribution is -2.09. The minimum Gasteiger partial charge on any atom is -0.311 e. The number of halogens is 2. The summed E-state index contributed by atoms with van der Waals surface area (Å²) in [5, 5.41) is 0.460. The summed E-state index contributed by atoms with van der Waals surface area (Å²) < 4.78 is 2.08. The molecule has 3 nitrogen and oxygen atoms in total. The lowest BCUT2D eigenvalue weighted by Gasteiger charge is -2.11. The van der Waals surface area contributed by atoms with Crippen LogP contribution in [0.2, 0.25) is 5.02 Å². The van der Waals surface area contributed by atoms with Crippen LogP contribution in [0.1, 0.15) is 32.0 Å². The van der Waals surface area contributed by atoms with Crippen LogP contribution in [-0.2, 0) is 6.54 Å². The number of rotatable bonds is 3. The molecule has 0 N–H and O–H groups in total. The zero-order valence-electron chi connectivity index (χ0n) is 10.1. The van der Waals surface area contributed by atoms with E-state index in [1.54, 1.807) is 6.20 Å². The van der Waals surface area contributed by atoms with E-state index in [9.17, 15) is 0 Å². The Morgan fingerprint density at radius 1 is 1.35 bits per heavy atom. The highest BCUT2D eigenvalue weighted by molar-refractivity contribution is 6.31. The lowest BCUT2D eigenvalue weighted by molar-refractivity contribution is 0.514. The van der Waals surface area contributed by atoms with Gasteiger partial charge in [0.1, 0.15) is 11.3 Å². The molecule has 2 rings (SSSR count). The first kappa shape index (κ1) is 12.7. The summed E-state index contributed by atoms with van der Waals surface area (Å²) in [6, 6.07) is 1.82. The number of imidazole rings is 1. The third kappa shape index (κ3) is 2.55. The van der Waals surface area contributed by atoms with Gasteiger partial charge in [-0.15, -0.1) is 11.6 Å². The first-order valence-electron chi connectivity index (χ1n) is 5.64.